The van der Waals surface area contributed by atoms with Gasteiger partial charge in [-0.3, -0.25) is 0 Å². The van der Waals surface area contributed by atoms with E-state index in [4.69, 9.17) is 4.52 Å². The van der Waals surface area contributed by atoms with Crippen LogP contribution in [-0.2, 0) is 0 Å². The lowest BCUT2D eigenvalue weighted by molar-refractivity contribution is 0.291. The monoisotopic (exact) mass is 452 g/mol. The van der Waals surface area contributed by atoms with Crippen molar-refractivity contribution in [2.24, 2.45) is 4.52 Å². The maximum atomic E-state index is 5.94. The average molecular weight is 453 g/mol. The molecular weight excluding hydrogens is 400 g/mol. The van der Waals surface area contributed by atoms with E-state index >= 15 is 0 Å². The Morgan fingerprint density at radius 2 is 1.17 bits per heavy atom. The molecule has 0 aliphatic carbocycles. The Morgan fingerprint density at radius 3 is 1.48 bits per heavy atom. The molecule has 0 radical (unpaired) electrons. The Balaban J connectivity index is 0.00000784. The van der Waals surface area contributed by atoms with Crippen molar-refractivity contribution in [3.63, 3.8) is 0 Å². The van der Waals surface area contributed by atoms with Crippen molar-refractivity contribution >= 4 is 15.4 Å². The van der Waals surface area contributed by atoms with Crippen molar-refractivity contribution in [3.8, 4) is 0 Å². The van der Waals surface area contributed by atoms with E-state index in [0.29, 0.717) is 0 Å². The molecule has 1 rings (SSSR count). The predicted molar refractivity (Wildman–Crippen MR) is 135 cm³/mol. The van der Waals surface area contributed by atoms with Crippen LogP contribution >= 0.6 is 15.4 Å². The normalized spacial score (nSPS) is 18.7. The van der Waals surface area contributed by atoms with Gasteiger partial charge >= 0.3 is 7.87 Å². The van der Waals surface area contributed by atoms with Gasteiger partial charge in [0.1, 0.15) is 0 Å². The minimum absolute atomic E-state index is 0. The van der Waals surface area contributed by atoms with E-state index in [9.17, 15) is 0 Å². The molecular formula is C20H52N7P2+. The summed E-state index contributed by atoms with van der Waals surface area (Å²) in [4.78, 5) is 0. The van der Waals surface area contributed by atoms with E-state index in [1.54, 1.807) is 0 Å². The Morgan fingerprint density at radius 1 is 0.793 bits per heavy atom. The van der Waals surface area contributed by atoms with Gasteiger partial charge in [0, 0.05) is 40.3 Å². The quantitative estimate of drug-likeness (QED) is 0.406. The molecule has 0 bridgehead atoms. The molecule has 0 amide bonds. The molecule has 0 aromatic heterocycles. The zero-order valence-electron chi connectivity index (χ0n) is 20.4. The minimum Gasteiger partial charge on any atom is -0.249 e. The lowest BCUT2D eigenvalue weighted by atomic mass is 10.3. The summed E-state index contributed by atoms with van der Waals surface area (Å²) < 4.78 is 21.0. The molecule has 0 aromatic carbocycles. The molecule has 29 heavy (non-hydrogen) atoms. The highest BCUT2D eigenvalue weighted by Crippen LogP contribution is 2.76. The Labute approximate surface area is 184 Å². The molecule has 0 spiro atoms. The zero-order valence-corrected chi connectivity index (χ0v) is 22.2. The summed E-state index contributed by atoms with van der Waals surface area (Å²) in [6.07, 6.45) is 6.15. The fraction of sp³-hybridized carbons (Fsp3) is 1.00. The molecule has 1 aliphatic rings. The predicted octanol–water partition coefficient (Wildman–Crippen LogP) is 5.10. The van der Waals surface area contributed by atoms with Crippen molar-refractivity contribution in [2.45, 2.75) is 53.4 Å². The maximum absolute atomic E-state index is 5.94. The first-order valence-electron chi connectivity index (χ1n) is 10.9. The van der Waals surface area contributed by atoms with Crippen LogP contribution in [-0.4, -0.2) is 111 Å². The molecule has 1 aliphatic heterocycles. The van der Waals surface area contributed by atoms with E-state index < -0.39 is 15.4 Å². The first kappa shape index (κ1) is 29.4. The van der Waals surface area contributed by atoms with Crippen molar-refractivity contribution in [1.29, 1.82) is 0 Å². The number of hydrogen-bond donors (Lipinski definition) is 0. The second-order valence-electron chi connectivity index (χ2n) is 8.48. The summed E-state index contributed by atoms with van der Waals surface area (Å²) >= 11 is 0. The number of hydrogen-bond acceptors (Lipinski definition) is 4. The summed E-state index contributed by atoms with van der Waals surface area (Å²) in [5.74, 6) is 0. The minimum atomic E-state index is -1.99. The van der Waals surface area contributed by atoms with Crippen molar-refractivity contribution < 1.29 is 0 Å². The van der Waals surface area contributed by atoms with Crippen LogP contribution in [0.5, 0.6) is 0 Å². The van der Waals surface area contributed by atoms with Crippen LogP contribution in [0.25, 0.3) is 0 Å². The second kappa shape index (κ2) is 13.1. The molecule has 176 valence electrons. The molecule has 0 unspecified atom stereocenters. The smallest absolute Gasteiger partial charge is 0.249 e. The van der Waals surface area contributed by atoms with Crippen LogP contribution in [0.2, 0.25) is 0 Å². The summed E-state index contributed by atoms with van der Waals surface area (Å²) in [7, 11) is 13.8. The highest BCUT2D eigenvalue weighted by atomic mass is 31.2. The topological polar surface area (TPSA) is 31.8 Å². The highest BCUT2D eigenvalue weighted by Gasteiger charge is 2.58. The molecule has 1 heterocycles. The number of nitrogens with zero attached hydrogens (tertiary/aromatic N) is 7. The lowest BCUT2D eigenvalue weighted by Gasteiger charge is -2.48. The third-order valence-corrected chi connectivity index (χ3v) is 14.2. The van der Waals surface area contributed by atoms with Gasteiger partial charge in [-0.05, 0) is 66.1 Å². The van der Waals surface area contributed by atoms with Gasteiger partial charge in [-0.15, -0.1) is 14.0 Å². The van der Waals surface area contributed by atoms with Gasteiger partial charge < -0.3 is 0 Å². The van der Waals surface area contributed by atoms with Crippen molar-refractivity contribution in [2.75, 3.05) is 82.6 Å². The summed E-state index contributed by atoms with van der Waals surface area (Å²) in [6.45, 7) is 9.12. The van der Waals surface area contributed by atoms with E-state index in [1.807, 2.05) is 0 Å². The molecule has 0 aromatic rings. The van der Waals surface area contributed by atoms with E-state index in [0.717, 1.165) is 26.2 Å². The molecule has 0 N–H and O–H groups in total. The van der Waals surface area contributed by atoms with E-state index in [2.05, 4.69) is 98.3 Å². The second-order valence-corrected chi connectivity index (χ2v) is 15.7. The van der Waals surface area contributed by atoms with Crippen LogP contribution in [0.1, 0.15) is 53.4 Å². The number of unbranched alkanes of at least 4 members (excludes halogenated alkanes) is 2. The van der Waals surface area contributed by atoms with Crippen molar-refractivity contribution in [3.05, 3.63) is 0 Å². The molecule has 7 nitrogen and oxygen atoms in total. The van der Waals surface area contributed by atoms with Crippen LogP contribution in [0.4, 0.5) is 0 Å². The Bertz CT molecular complexity index is 465. The third-order valence-electron chi connectivity index (χ3n) is 5.65. The van der Waals surface area contributed by atoms with Gasteiger partial charge in [-0.2, -0.15) is 0 Å². The molecule has 1 saturated heterocycles. The standard InChI is InChI=1S/C19H48N7P2.CH4/c1-11-13-18-26(19-14-12-2)28(24(9)16-15-17-25(28)10)20-27(21(3)4,22(5)6)23(7)8;/h11-19H2,1-10H3;1H4/q+1;. The summed E-state index contributed by atoms with van der Waals surface area (Å²) in [5.41, 5.74) is 0. The molecule has 0 atom stereocenters. The third kappa shape index (κ3) is 6.23. The van der Waals surface area contributed by atoms with Gasteiger partial charge in [-0.25, -0.2) is 14.0 Å². The Kier molecular flexibility index (Phi) is 13.3. The van der Waals surface area contributed by atoms with Gasteiger partial charge in [0.15, 0.2) is 0 Å². The van der Waals surface area contributed by atoms with Crippen LogP contribution < -0.4 is 0 Å². The zero-order chi connectivity index (χ0) is 21.5. The van der Waals surface area contributed by atoms with Gasteiger partial charge in [0.25, 0.3) is 0 Å². The van der Waals surface area contributed by atoms with Crippen molar-refractivity contribution in [1.82, 2.24) is 28.0 Å². The molecule has 0 saturated carbocycles. The average Bonchev–Trinajstić information content (AvgIpc) is 2.61. The fourth-order valence-electron chi connectivity index (χ4n) is 4.22. The molecule has 1 fully saturated rings. The highest BCUT2D eigenvalue weighted by molar-refractivity contribution is 7.75. The van der Waals surface area contributed by atoms with E-state index in [1.165, 1.54) is 32.1 Å². The fourth-order valence-corrected chi connectivity index (χ4v) is 14.1. The van der Waals surface area contributed by atoms with Crippen LogP contribution in [0.3, 0.4) is 0 Å². The van der Waals surface area contributed by atoms with Crippen LogP contribution in [0, 0.1) is 0 Å². The van der Waals surface area contributed by atoms with Gasteiger partial charge in [-0.1, -0.05) is 34.1 Å². The van der Waals surface area contributed by atoms with Gasteiger partial charge in [0.05, 0.1) is 0 Å². The summed E-state index contributed by atoms with van der Waals surface area (Å²) in [5, 5.41) is 0. The van der Waals surface area contributed by atoms with E-state index in [-0.39, 0.29) is 7.43 Å². The maximum Gasteiger partial charge on any atom is 0.357 e. The lowest BCUT2D eigenvalue weighted by Crippen LogP contribution is -2.47. The SMILES string of the molecule is C.CCCCN(CCCC)[P+]1(N=P(N(C)C)(N(C)C)N(C)C)N(C)CCCN1C. The van der Waals surface area contributed by atoms with Crippen LogP contribution in [0.15, 0.2) is 4.52 Å². The summed E-state index contributed by atoms with van der Waals surface area (Å²) in [6, 6.07) is 0. The van der Waals surface area contributed by atoms with Gasteiger partial charge in [0.2, 0.25) is 7.51 Å². The molecule has 9 heteroatoms. The Hall–Kier alpha value is 0.420. The number of rotatable bonds is 11. The first-order valence-corrected chi connectivity index (χ1v) is 14.1. The largest absolute Gasteiger partial charge is 0.357 e. The first-order chi connectivity index (χ1) is 13.1.